The number of carbonyl (C=O) groups is 1. The SMILES string of the molecule is Nc1ccc(C(=O)c2cc(Cl)cc(Cl)c2)cc1F. The summed E-state index contributed by atoms with van der Waals surface area (Å²) >= 11 is 11.6. The van der Waals surface area contributed by atoms with Gasteiger partial charge in [0.2, 0.25) is 0 Å². The van der Waals surface area contributed by atoms with Gasteiger partial charge in [0.15, 0.2) is 5.78 Å². The van der Waals surface area contributed by atoms with E-state index in [9.17, 15) is 9.18 Å². The maximum atomic E-state index is 13.3. The van der Waals surface area contributed by atoms with Crippen molar-refractivity contribution in [2.75, 3.05) is 5.73 Å². The van der Waals surface area contributed by atoms with Crippen molar-refractivity contribution in [3.05, 3.63) is 63.4 Å². The van der Waals surface area contributed by atoms with Crippen molar-refractivity contribution in [2.45, 2.75) is 0 Å². The molecular formula is C13H8Cl2FNO. The van der Waals surface area contributed by atoms with Gasteiger partial charge in [-0.25, -0.2) is 4.39 Å². The first-order valence-electron chi connectivity index (χ1n) is 5.03. The van der Waals surface area contributed by atoms with Gasteiger partial charge >= 0.3 is 0 Å². The number of halogens is 3. The fourth-order valence-corrected chi connectivity index (χ4v) is 2.05. The van der Waals surface area contributed by atoms with Crippen molar-refractivity contribution in [1.82, 2.24) is 0 Å². The zero-order valence-corrected chi connectivity index (χ0v) is 10.6. The number of benzene rings is 2. The highest BCUT2D eigenvalue weighted by molar-refractivity contribution is 6.35. The minimum Gasteiger partial charge on any atom is -0.396 e. The number of ketones is 1. The van der Waals surface area contributed by atoms with Crippen LogP contribution in [0.4, 0.5) is 10.1 Å². The van der Waals surface area contributed by atoms with Crippen LogP contribution in [0.2, 0.25) is 10.0 Å². The second-order valence-corrected chi connectivity index (χ2v) is 4.60. The van der Waals surface area contributed by atoms with Crippen molar-refractivity contribution in [3.63, 3.8) is 0 Å². The van der Waals surface area contributed by atoms with Gasteiger partial charge in [-0.2, -0.15) is 0 Å². The number of anilines is 1. The molecule has 0 amide bonds. The van der Waals surface area contributed by atoms with Gasteiger partial charge in [0.1, 0.15) is 5.82 Å². The summed E-state index contributed by atoms with van der Waals surface area (Å²) in [5.74, 6) is -0.993. The second-order valence-electron chi connectivity index (χ2n) is 3.72. The third-order valence-electron chi connectivity index (χ3n) is 2.39. The van der Waals surface area contributed by atoms with E-state index < -0.39 is 5.82 Å². The summed E-state index contributed by atoms with van der Waals surface area (Å²) in [6.07, 6.45) is 0. The summed E-state index contributed by atoms with van der Waals surface area (Å²) in [7, 11) is 0. The number of hydrogen-bond donors (Lipinski definition) is 1. The van der Waals surface area contributed by atoms with Gasteiger partial charge in [-0.15, -0.1) is 0 Å². The summed E-state index contributed by atoms with van der Waals surface area (Å²) < 4.78 is 13.3. The lowest BCUT2D eigenvalue weighted by Gasteiger charge is -2.04. The molecule has 0 heterocycles. The monoisotopic (exact) mass is 283 g/mol. The Morgan fingerprint density at radius 1 is 1.00 bits per heavy atom. The first kappa shape index (κ1) is 12.9. The van der Waals surface area contributed by atoms with Crippen molar-refractivity contribution in [2.24, 2.45) is 0 Å². The average molecular weight is 284 g/mol. The third kappa shape index (κ3) is 2.63. The molecule has 2 aromatic carbocycles. The molecule has 0 fully saturated rings. The van der Waals surface area contributed by atoms with Gasteiger partial charge in [-0.1, -0.05) is 23.2 Å². The third-order valence-corrected chi connectivity index (χ3v) is 2.82. The molecule has 2 N–H and O–H groups in total. The van der Waals surface area contributed by atoms with Crippen molar-refractivity contribution < 1.29 is 9.18 Å². The lowest BCUT2D eigenvalue weighted by molar-refractivity contribution is 0.103. The van der Waals surface area contributed by atoms with Crippen molar-refractivity contribution in [1.29, 1.82) is 0 Å². The van der Waals surface area contributed by atoms with Gasteiger partial charge in [-0.3, -0.25) is 4.79 Å². The number of rotatable bonds is 2. The van der Waals surface area contributed by atoms with E-state index in [1.54, 1.807) is 0 Å². The number of nitrogens with two attached hydrogens (primary N) is 1. The molecule has 0 unspecified atom stereocenters. The fourth-order valence-electron chi connectivity index (χ4n) is 1.52. The molecule has 0 bridgehead atoms. The Hall–Kier alpha value is -1.58. The first-order chi connectivity index (χ1) is 8.47. The predicted octanol–water partition coefficient (Wildman–Crippen LogP) is 3.95. The van der Waals surface area contributed by atoms with E-state index in [4.69, 9.17) is 28.9 Å². The quantitative estimate of drug-likeness (QED) is 0.670. The number of hydrogen-bond acceptors (Lipinski definition) is 2. The number of nitrogen functional groups attached to an aromatic ring is 1. The smallest absolute Gasteiger partial charge is 0.193 e. The minimum atomic E-state index is -0.631. The molecule has 0 radical (unpaired) electrons. The van der Waals surface area contributed by atoms with Gasteiger partial charge in [0.05, 0.1) is 5.69 Å². The van der Waals surface area contributed by atoms with Crippen LogP contribution in [-0.2, 0) is 0 Å². The van der Waals surface area contributed by atoms with Crippen LogP contribution < -0.4 is 5.73 Å². The van der Waals surface area contributed by atoms with Gasteiger partial charge < -0.3 is 5.73 Å². The predicted molar refractivity (Wildman–Crippen MR) is 70.7 cm³/mol. The standard InChI is InChI=1S/C13H8Cl2FNO/c14-9-3-8(4-10(15)6-9)13(18)7-1-2-12(17)11(16)5-7/h1-6H,17H2. The van der Waals surface area contributed by atoms with Crippen LogP contribution in [0.1, 0.15) is 15.9 Å². The zero-order valence-electron chi connectivity index (χ0n) is 9.08. The van der Waals surface area contributed by atoms with E-state index >= 15 is 0 Å². The highest BCUT2D eigenvalue weighted by Crippen LogP contribution is 2.22. The minimum absolute atomic E-state index is 0.00400. The molecule has 5 heteroatoms. The molecule has 0 aliphatic rings. The molecule has 0 aliphatic heterocycles. The molecule has 18 heavy (non-hydrogen) atoms. The largest absolute Gasteiger partial charge is 0.396 e. The van der Waals surface area contributed by atoms with E-state index in [1.807, 2.05) is 0 Å². The zero-order chi connectivity index (χ0) is 13.3. The molecule has 0 aliphatic carbocycles. The molecule has 0 atom stereocenters. The Morgan fingerprint density at radius 3 is 2.17 bits per heavy atom. The van der Waals surface area contributed by atoms with Crippen LogP contribution in [0.25, 0.3) is 0 Å². The van der Waals surface area contributed by atoms with E-state index in [0.29, 0.717) is 15.6 Å². The van der Waals surface area contributed by atoms with Crippen LogP contribution in [0, 0.1) is 5.82 Å². The Labute approximate surface area is 113 Å². The first-order valence-corrected chi connectivity index (χ1v) is 5.79. The molecule has 0 spiro atoms. The van der Waals surface area contributed by atoms with E-state index in [1.165, 1.54) is 30.3 Å². The maximum Gasteiger partial charge on any atom is 0.193 e. The van der Waals surface area contributed by atoms with Crippen LogP contribution in [0.5, 0.6) is 0 Å². The molecule has 0 saturated carbocycles. The maximum absolute atomic E-state index is 13.3. The Bertz CT molecular complexity index is 608. The summed E-state index contributed by atoms with van der Waals surface area (Å²) in [4.78, 5) is 12.1. The Balaban J connectivity index is 2.44. The fraction of sp³-hybridized carbons (Fsp3) is 0. The molecule has 92 valence electrons. The van der Waals surface area contributed by atoms with Crippen LogP contribution in [0.15, 0.2) is 36.4 Å². The van der Waals surface area contributed by atoms with E-state index in [-0.39, 0.29) is 17.0 Å². The molecule has 2 rings (SSSR count). The van der Waals surface area contributed by atoms with Crippen molar-refractivity contribution >= 4 is 34.7 Å². The summed E-state index contributed by atoms with van der Waals surface area (Å²) in [6.45, 7) is 0. The van der Waals surface area contributed by atoms with Crippen LogP contribution in [0.3, 0.4) is 0 Å². The van der Waals surface area contributed by atoms with Gasteiger partial charge in [-0.05, 0) is 36.4 Å². The lowest BCUT2D eigenvalue weighted by atomic mass is 10.0. The van der Waals surface area contributed by atoms with Gasteiger partial charge in [0, 0.05) is 21.2 Å². The molecule has 0 aromatic heterocycles. The normalized spacial score (nSPS) is 10.4. The molecule has 0 saturated heterocycles. The van der Waals surface area contributed by atoms with Crippen molar-refractivity contribution in [3.8, 4) is 0 Å². The molecule has 2 nitrogen and oxygen atoms in total. The topological polar surface area (TPSA) is 43.1 Å². The van der Waals surface area contributed by atoms with Gasteiger partial charge in [0.25, 0.3) is 0 Å². The highest BCUT2D eigenvalue weighted by Gasteiger charge is 2.12. The average Bonchev–Trinajstić information content (AvgIpc) is 2.30. The molecular weight excluding hydrogens is 276 g/mol. The van der Waals surface area contributed by atoms with E-state index in [2.05, 4.69) is 0 Å². The second kappa shape index (κ2) is 4.96. The summed E-state index contributed by atoms with van der Waals surface area (Å²) in [5.41, 5.74) is 5.84. The van der Waals surface area contributed by atoms with Crippen LogP contribution >= 0.6 is 23.2 Å². The molecule has 2 aromatic rings. The number of carbonyl (C=O) groups excluding carboxylic acids is 1. The Kier molecular flexibility index (Phi) is 3.55. The summed E-state index contributed by atoms with van der Waals surface area (Å²) in [5, 5.41) is 0.698. The summed E-state index contributed by atoms with van der Waals surface area (Å²) in [6, 6.07) is 8.36. The van der Waals surface area contributed by atoms with E-state index in [0.717, 1.165) is 6.07 Å². The van der Waals surface area contributed by atoms with Crippen LogP contribution in [-0.4, -0.2) is 5.78 Å². The Morgan fingerprint density at radius 2 is 1.61 bits per heavy atom. The lowest BCUT2D eigenvalue weighted by Crippen LogP contribution is -2.03. The highest BCUT2D eigenvalue weighted by atomic mass is 35.5.